The largest absolute Gasteiger partial charge is 0.306 e. The first-order chi connectivity index (χ1) is 8.85. The molecule has 1 aromatic heterocycles. The van der Waals surface area contributed by atoms with Gasteiger partial charge in [0.05, 0.1) is 11.6 Å². The monoisotopic (exact) mass is 407 g/mol. The summed E-state index contributed by atoms with van der Waals surface area (Å²) in [4.78, 5) is 0. The lowest BCUT2D eigenvalue weighted by Gasteiger charge is -2.19. The van der Waals surface area contributed by atoms with Gasteiger partial charge in [0.25, 0.3) is 0 Å². The van der Waals surface area contributed by atoms with Crippen LogP contribution in [0.15, 0.2) is 18.2 Å². The summed E-state index contributed by atoms with van der Waals surface area (Å²) in [6, 6.07) is 5.95. The van der Waals surface area contributed by atoms with Crippen molar-refractivity contribution in [3.8, 4) is 10.6 Å². The van der Waals surface area contributed by atoms with E-state index in [1.807, 2.05) is 18.2 Å². The van der Waals surface area contributed by atoms with E-state index in [4.69, 9.17) is 11.6 Å². The normalized spacial score (nSPS) is 11.8. The second-order valence-corrected chi connectivity index (χ2v) is 7.86. The molecular weight excluding hydrogens is 393 g/mol. The lowest BCUT2D eigenvalue weighted by molar-refractivity contribution is 0.423. The van der Waals surface area contributed by atoms with Crippen LogP contribution in [-0.2, 0) is 6.54 Å². The number of hydrogen-bond acceptors (Lipinski definition) is 4. The van der Waals surface area contributed by atoms with Gasteiger partial charge in [-0.05, 0) is 55.5 Å². The molecule has 0 fully saturated rings. The maximum absolute atomic E-state index is 6.13. The number of hydrogen-bond donors (Lipinski definition) is 1. The van der Waals surface area contributed by atoms with E-state index in [1.165, 1.54) is 0 Å². The third kappa shape index (κ3) is 4.37. The van der Waals surface area contributed by atoms with Gasteiger partial charge in [0, 0.05) is 14.7 Å². The van der Waals surface area contributed by atoms with Crippen LogP contribution in [0.5, 0.6) is 0 Å². The fourth-order valence-electron chi connectivity index (χ4n) is 1.41. The van der Waals surface area contributed by atoms with Crippen LogP contribution in [0.4, 0.5) is 0 Å². The highest BCUT2D eigenvalue weighted by Crippen LogP contribution is 2.28. The Morgan fingerprint density at radius 2 is 2.05 bits per heavy atom. The molecule has 6 heteroatoms. The van der Waals surface area contributed by atoms with Crippen LogP contribution in [0.2, 0.25) is 5.02 Å². The van der Waals surface area contributed by atoms with E-state index in [0.29, 0.717) is 0 Å². The van der Waals surface area contributed by atoms with Gasteiger partial charge in [0.15, 0.2) is 0 Å². The number of nitrogens with zero attached hydrogens (tertiary/aromatic N) is 2. The molecule has 2 rings (SSSR count). The van der Waals surface area contributed by atoms with E-state index in [0.717, 1.165) is 30.7 Å². The Morgan fingerprint density at radius 1 is 1.32 bits per heavy atom. The summed E-state index contributed by atoms with van der Waals surface area (Å²) >= 11 is 9.94. The maximum Gasteiger partial charge on any atom is 0.147 e. The molecule has 2 aromatic rings. The quantitative estimate of drug-likeness (QED) is 0.769. The van der Waals surface area contributed by atoms with Crippen LogP contribution in [0.3, 0.4) is 0 Å². The highest BCUT2D eigenvalue weighted by Gasteiger charge is 2.12. The molecule has 0 aliphatic rings. The molecule has 0 aliphatic carbocycles. The Hall–Kier alpha value is -0.240. The van der Waals surface area contributed by atoms with Crippen LogP contribution in [0.1, 0.15) is 25.8 Å². The molecule has 0 saturated heterocycles. The lowest BCUT2D eigenvalue weighted by Crippen LogP contribution is -2.35. The van der Waals surface area contributed by atoms with Crippen molar-refractivity contribution in [1.29, 1.82) is 0 Å². The lowest BCUT2D eigenvalue weighted by atomic mass is 10.1. The molecule has 0 unspecified atom stereocenters. The van der Waals surface area contributed by atoms with Gasteiger partial charge < -0.3 is 5.32 Å². The molecule has 0 saturated carbocycles. The molecule has 1 heterocycles. The number of benzene rings is 1. The van der Waals surface area contributed by atoms with Crippen LogP contribution in [0.25, 0.3) is 10.6 Å². The third-order valence-electron chi connectivity index (χ3n) is 2.40. The molecule has 0 atom stereocenters. The van der Waals surface area contributed by atoms with Crippen LogP contribution >= 0.6 is 45.5 Å². The van der Waals surface area contributed by atoms with E-state index in [1.54, 1.807) is 11.3 Å². The molecule has 102 valence electrons. The molecule has 0 amide bonds. The minimum Gasteiger partial charge on any atom is -0.306 e. The number of halogens is 2. The Bertz CT molecular complexity index is 578. The minimum absolute atomic E-state index is 0.0813. The van der Waals surface area contributed by atoms with Gasteiger partial charge in [-0.25, -0.2) is 0 Å². The zero-order valence-electron chi connectivity index (χ0n) is 11.0. The second-order valence-electron chi connectivity index (χ2n) is 5.23. The Labute approximate surface area is 135 Å². The molecule has 19 heavy (non-hydrogen) atoms. The summed E-state index contributed by atoms with van der Waals surface area (Å²) in [5.41, 5.74) is 1.10. The van der Waals surface area contributed by atoms with E-state index >= 15 is 0 Å². The van der Waals surface area contributed by atoms with Crippen molar-refractivity contribution in [2.24, 2.45) is 0 Å². The summed E-state index contributed by atoms with van der Waals surface area (Å²) in [6.07, 6.45) is 0. The zero-order valence-corrected chi connectivity index (χ0v) is 14.7. The first-order valence-electron chi connectivity index (χ1n) is 5.88. The number of nitrogens with one attached hydrogen (secondary N) is 1. The predicted octanol–water partition coefficient (Wildman–Crippen LogP) is 4.35. The van der Waals surface area contributed by atoms with Crippen molar-refractivity contribution in [2.75, 3.05) is 0 Å². The standard InChI is InChI=1S/C13H15ClIN3S/c1-13(2,3)16-7-11-17-18-12(19-11)8-4-5-10(15)9(14)6-8/h4-6,16H,7H2,1-3H3. The second kappa shape index (κ2) is 6.03. The van der Waals surface area contributed by atoms with Gasteiger partial charge in [-0.1, -0.05) is 29.0 Å². The van der Waals surface area contributed by atoms with Crippen molar-refractivity contribution in [3.05, 3.63) is 31.8 Å². The average Bonchev–Trinajstić information content (AvgIpc) is 2.78. The predicted molar refractivity (Wildman–Crippen MR) is 89.7 cm³/mol. The van der Waals surface area contributed by atoms with Gasteiger partial charge in [0.2, 0.25) is 0 Å². The first kappa shape index (κ1) is 15.2. The fourth-order valence-corrected chi connectivity index (χ4v) is 2.70. The van der Waals surface area contributed by atoms with E-state index < -0.39 is 0 Å². The minimum atomic E-state index is 0.0813. The summed E-state index contributed by atoms with van der Waals surface area (Å²) in [5.74, 6) is 0. The third-order valence-corrected chi connectivity index (χ3v) is 4.95. The van der Waals surface area contributed by atoms with Crippen LogP contribution in [-0.4, -0.2) is 15.7 Å². The summed E-state index contributed by atoms with van der Waals surface area (Å²) in [5, 5.41) is 14.5. The van der Waals surface area contributed by atoms with Gasteiger partial charge in [0.1, 0.15) is 10.0 Å². The van der Waals surface area contributed by atoms with Crippen LogP contribution < -0.4 is 5.32 Å². The summed E-state index contributed by atoms with van der Waals surface area (Å²) in [6.45, 7) is 7.13. The van der Waals surface area contributed by atoms with Crippen molar-refractivity contribution in [1.82, 2.24) is 15.5 Å². The Balaban J connectivity index is 2.14. The Kier molecular flexibility index (Phi) is 4.81. The topological polar surface area (TPSA) is 37.8 Å². The SMILES string of the molecule is CC(C)(C)NCc1nnc(-c2ccc(I)c(Cl)c2)s1. The molecule has 0 aliphatic heterocycles. The maximum atomic E-state index is 6.13. The molecule has 3 nitrogen and oxygen atoms in total. The molecule has 0 radical (unpaired) electrons. The van der Waals surface area contributed by atoms with Crippen molar-refractivity contribution in [3.63, 3.8) is 0 Å². The molecule has 1 aromatic carbocycles. The average molecular weight is 408 g/mol. The van der Waals surface area contributed by atoms with Crippen molar-refractivity contribution < 1.29 is 0 Å². The molecule has 1 N–H and O–H groups in total. The van der Waals surface area contributed by atoms with E-state index in [-0.39, 0.29) is 5.54 Å². The van der Waals surface area contributed by atoms with Crippen LogP contribution in [0, 0.1) is 3.57 Å². The van der Waals surface area contributed by atoms with Crippen molar-refractivity contribution >= 4 is 45.5 Å². The van der Waals surface area contributed by atoms with Gasteiger partial charge in [-0.2, -0.15) is 0 Å². The Morgan fingerprint density at radius 3 is 2.68 bits per heavy atom. The number of rotatable bonds is 3. The fraction of sp³-hybridized carbons (Fsp3) is 0.385. The smallest absolute Gasteiger partial charge is 0.147 e. The first-order valence-corrected chi connectivity index (χ1v) is 8.15. The van der Waals surface area contributed by atoms with Gasteiger partial charge >= 0.3 is 0 Å². The zero-order chi connectivity index (χ0) is 14.0. The van der Waals surface area contributed by atoms with E-state index in [2.05, 4.69) is 58.9 Å². The van der Waals surface area contributed by atoms with Crippen molar-refractivity contribution in [2.45, 2.75) is 32.9 Å². The van der Waals surface area contributed by atoms with Gasteiger partial charge in [-0.3, -0.25) is 0 Å². The molecule has 0 spiro atoms. The molecular formula is C13H15ClIN3S. The van der Waals surface area contributed by atoms with E-state index in [9.17, 15) is 0 Å². The highest BCUT2D eigenvalue weighted by atomic mass is 127. The number of aromatic nitrogens is 2. The highest BCUT2D eigenvalue weighted by molar-refractivity contribution is 14.1. The summed E-state index contributed by atoms with van der Waals surface area (Å²) < 4.78 is 1.04. The summed E-state index contributed by atoms with van der Waals surface area (Å²) in [7, 11) is 0. The van der Waals surface area contributed by atoms with Gasteiger partial charge in [-0.15, -0.1) is 10.2 Å². The molecule has 0 bridgehead atoms.